The fourth-order valence-corrected chi connectivity index (χ4v) is 10.1. The Kier molecular flexibility index (Phi) is 12.3. The summed E-state index contributed by atoms with van der Waals surface area (Å²) in [6, 6.07) is 14.9. The summed E-state index contributed by atoms with van der Waals surface area (Å²) in [5.41, 5.74) is 10.2. The van der Waals surface area contributed by atoms with Gasteiger partial charge in [0.25, 0.3) is 0 Å². The van der Waals surface area contributed by atoms with Crippen molar-refractivity contribution in [3.05, 3.63) is 96.3 Å². The topological polar surface area (TPSA) is 0 Å². The van der Waals surface area contributed by atoms with Gasteiger partial charge in [0, 0.05) is 0 Å². The Morgan fingerprint density at radius 1 is 0.676 bits per heavy atom. The molecule has 0 saturated carbocycles. The molecule has 0 saturated heterocycles. The van der Waals surface area contributed by atoms with Gasteiger partial charge < -0.3 is 14.9 Å². The molecule has 0 amide bonds. The minimum absolute atomic E-state index is 0. The van der Waals surface area contributed by atoms with Crippen molar-refractivity contribution >= 4 is 18.4 Å². The summed E-state index contributed by atoms with van der Waals surface area (Å²) in [4.78, 5) is 0. The average molecular weight is 508 g/mol. The molecular formula is C32H47SiTi. The van der Waals surface area contributed by atoms with E-state index in [0.29, 0.717) is 0 Å². The number of rotatable bonds is 7. The predicted octanol–water partition coefficient (Wildman–Crippen LogP) is 7.89. The van der Waals surface area contributed by atoms with E-state index in [1.54, 1.807) is 10.4 Å². The minimum atomic E-state index is -2.22. The van der Waals surface area contributed by atoms with E-state index >= 15 is 0 Å². The Hall–Kier alpha value is -1.15. The van der Waals surface area contributed by atoms with Gasteiger partial charge in [-0.2, -0.15) is 11.1 Å². The summed E-state index contributed by atoms with van der Waals surface area (Å²) < 4.78 is 0. The van der Waals surface area contributed by atoms with E-state index in [2.05, 4.69) is 104 Å². The second-order valence-corrected chi connectivity index (χ2v) is 14.1. The number of hydrogen-bond donors (Lipinski definition) is 0. The van der Waals surface area contributed by atoms with Gasteiger partial charge in [-0.05, 0) is 47.9 Å². The van der Waals surface area contributed by atoms with Crippen molar-refractivity contribution in [2.45, 2.75) is 92.7 Å². The SMILES string of the molecule is CCc1cc(CC)cc([Si](C)(c2cc(CC)cc(CC)c2)C2(C)[C-]=C(C)C(C)=C2C)c1.[CH3-].[CH3-].[Ti+3]. The molecule has 2 aromatic carbocycles. The van der Waals surface area contributed by atoms with Crippen LogP contribution in [-0.2, 0) is 47.4 Å². The first-order chi connectivity index (χ1) is 14.6. The second-order valence-electron chi connectivity index (χ2n) is 9.74. The van der Waals surface area contributed by atoms with Gasteiger partial charge in [-0.25, -0.2) is 5.57 Å². The van der Waals surface area contributed by atoms with E-state index < -0.39 is 8.07 Å². The molecule has 34 heavy (non-hydrogen) atoms. The standard InChI is InChI=1S/C30H41Si.2CH3.Ti/c1-10-24-14-25(11-2)17-28(16-24)31(9,30(8)20-21(5)22(6)23(30)7)29-18-26(12-3)15-27(13-4)19-29;;;/h14-19H,10-13H2,1-9H3;2*1H3;/q3*-1;+3. The van der Waals surface area contributed by atoms with Crippen molar-refractivity contribution in [1.29, 1.82) is 0 Å². The molecule has 0 N–H and O–H groups in total. The van der Waals surface area contributed by atoms with Gasteiger partial charge in [-0.3, -0.25) is 6.08 Å². The fraction of sp³-hybridized carbons (Fsp3) is 0.438. The molecule has 1 atom stereocenters. The molecule has 1 aliphatic carbocycles. The van der Waals surface area contributed by atoms with Crippen LogP contribution in [0, 0.1) is 20.9 Å². The van der Waals surface area contributed by atoms with Gasteiger partial charge in [0.2, 0.25) is 0 Å². The van der Waals surface area contributed by atoms with Crippen molar-refractivity contribution in [3.8, 4) is 0 Å². The van der Waals surface area contributed by atoms with Gasteiger partial charge in [-0.15, -0.1) is 6.92 Å². The van der Waals surface area contributed by atoms with Gasteiger partial charge in [0.05, 0.1) is 0 Å². The van der Waals surface area contributed by atoms with Gasteiger partial charge in [0.15, 0.2) is 0 Å². The summed E-state index contributed by atoms with van der Waals surface area (Å²) in [6.45, 7) is 21.1. The van der Waals surface area contributed by atoms with Crippen LogP contribution in [0.4, 0.5) is 0 Å². The van der Waals surface area contributed by atoms with Crippen molar-refractivity contribution in [3.63, 3.8) is 0 Å². The fourth-order valence-electron chi connectivity index (χ4n) is 5.38. The molecule has 0 aliphatic heterocycles. The second kappa shape index (κ2) is 12.7. The Balaban J connectivity index is 0.00000363. The average Bonchev–Trinajstić information content (AvgIpc) is 3.00. The Morgan fingerprint density at radius 2 is 1.00 bits per heavy atom. The maximum atomic E-state index is 4.02. The van der Waals surface area contributed by atoms with E-state index in [-0.39, 0.29) is 41.6 Å². The van der Waals surface area contributed by atoms with E-state index in [1.165, 1.54) is 39.0 Å². The van der Waals surface area contributed by atoms with Crippen molar-refractivity contribution in [2.75, 3.05) is 0 Å². The first-order valence-corrected chi connectivity index (χ1v) is 14.7. The Labute approximate surface area is 228 Å². The molecule has 1 radical (unpaired) electrons. The van der Waals surface area contributed by atoms with E-state index in [9.17, 15) is 0 Å². The van der Waals surface area contributed by atoms with Gasteiger partial charge in [0.1, 0.15) is 8.07 Å². The summed E-state index contributed by atoms with van der Waals surface area (Å²) in [6.07, 6.45) is 8.37. The maximum absolute atomic E-state index is 4.02. The Bertz CT molecular complexity index is 943. The third kappa shape index (κ3) is 5.48. The van der Waals surface area contributed by atoms with Crippen LogP contribution in [0.5, 0.6) is 0 Å². The number of allylic oxidation sites excluding steroid dienone is 4. The zero-order valence-electron chi connectivity index (χ0n) is 23.8. The molecule has 1 aliphatic rings. The third-order valence-electron chi connectivity index (χ3n) is 8.21. The van der Waals surface area contributed by atoms with Crippen LogP contribution < -0.4 is 10.4 Å². The molecule has 2 heteroatoms. The molecule has 3 rings (SSSR count). The summed E-state index contributed by atoms with van der Waals surface area (Å²) in [7, 11) is -2.22. The van der Waals surface area contributed by atoms with Gasteiger partial charge in [-0.1, -0.05) is 107 Å². The molecule has 0 aromatic heterocycles. The van der Waals surface area contributed by atoms with Crippen LogP contribution in [0.25, 0.3) is 0 Å². The molecule has 183 valence electrons. The van der Waals surface area contributed by atoms with Crippen LogP contribution in [0.1, 0.15) is 77.6 Å². The monoisotopic (exact) mass is 507 g/mol. The Morgan fingerprint density at radius 3 is 1.24 bits per heavy atom. The van der Waals surface area contributed by atoms with E-state index in [1.807, 2.05) is 0 Å². The predicted molar refractivity (Wildman–Crippen MR) is 153 cm³/mol. The van der Waals surface area contributed by atoms with Crippen LogP contribution in [0.2, 0.25) is 11.6 Å². The molecule has 0 bridgehead atoms. The van der Waals surface area contributed by atoms with E-state index in [0.717, 1.165) is 25.7 Å². The van der Waals surface area contributed by atoms with Crippen LogP contribution in [-0.4, -0.2) is 8.07 Å². The summed E-state index contributed by atoms with van der Waals surface area (Å²) in [5.74, 6) is 0. The van der Waals surface area contributed by atoms with Crippen molar-refractivity contribution < 1.29 is 21.7 Å². The molecule has 0 nitrogen and oxygen atoms in total. The largest absolute Gasteiger partial charge is 3.00 e. The van der Waals surface area contributed by atoms with Crippen LogP contribution in [0.15, 0.2) is 53.1 Å². The first-order valence-electron chi connectivity index (χ1n) is 12.2. The number of aryl methyl sites for hydroxylation is 4. The molecule has 0 fully saturated rings. The molecule has 0 heterocycles. The summed E-state index contributed by atoms with van der Waals surface area (Å²) >= 11 is 0. The smallest absolute Gasteiger partial charge is 0.358 e. The van der Waals surface area contributed by atoms with Crippen molar-refractivity contribution in [1.82, 2.24) is 0 Å². The minimum Gasteiger partial charge on any atom is -0.358 e. The summed E-state index contributed by atoms with van der Waals surface area (Å²) in [5, 5.41) is 3.09. The third-order valence-corrected chi connectivity index (χ3v) is 13.6. The number of hydrogen-bond acceptors (Lipinski definition) is 0. The maximum Gasteiger partial charge on any atom is 3.00 e. The molecule has 0 spiro atoms. The normalized spacial score (nSPS) is 17.5. The van der Waals surface area contributed by atoms with Crippen LogP contribution in [0.3, 0.4) is 0 Å². The molecular weight excluding hydrogens is 460 g/mol. The first kappa shape index (κ1) is 32.9. The molecule has 2 aromatic rings. The zero-order valence-corrected chi connectivity index (χ0v) is 26.4. The zero-order chi connectivity index (χ0) is 23.0. The number of benzene rings is 2. The van der Waals surface area contributed by atoms with Crippen LogP contribution >= 0.6 is 0 Å². The van der Waals surface area contributed by atoms with E-state index in [4.69, 9.17) is 0 Å². The molecule has 1 unspecified atom stereocenters. The quantitative estimate of drug-likeness (QED) is 0.264. The van der Waals surface area contributed by atoms with Crippen molar-refractivity contribution in [2.24, 2.45) is 0 Å². The van der Waals surface area contributed by atoms with Gasteiger partial charge >= 0.3 is 21.7 Å².